The van der Waals surface area contributed by atoms with E-state index in [0.29, 0.717) is 5.56 Å². The third kappa shape index (κ3) is 3.83. The van der Waals surface area contributed by atoms with E-state index in [1.165, 1.54) is 7.11 Å². The van der Waals surface area contributed by atoms with Crippen molar-refractivity contribution in [2.24, 2.45) is 4.99 Å². The number of esters is 1. The Labute approximate surface area is 153 Å². The maximum Gasteiger partial charge on any atom is 0.337 e. The molecular weight excluding hydrogens is 326 g/mol. The number of ether oxygens (including phenoxy) is 1. The Bertz CT molecular complexity index is 907. The minimum atomic E-state index is -0.351. The number of methoxy groups -OCH3 is 1. The number of aliphatic imine (C=N–C) groups is 1. The molecule has 3 aromatic rings. The van der Waals surface area contributed by atoms with Crippen LogP contribution in [0.1, 0.15) is 16.1 Å². The zero-order chi connectivity index (χ0) is 18.5. The van der Waals surface area contributed by atoms with E-state index in [2.05, 4.69) is 38.7 Å². The van der Waals surface area contributed by atoms with Gasteiger partial charge in [-0.3, -0.25) is 4.99 Å². The molecular formula is C21H21N3O2. The van der Waals surface area contributed by atoms with Gasteiger partial charge in [0, 0.05) is 31.7 Å². The molecule has 0 amide bonds. The van der Waals surface area contributed by atoms with Gasteiger partial charge in [0.2, 0.25) is 0 Å². The quantitative estimate of drug-likeness (QED) is 0.516. The molecule has 0 saturated heterocycles. The molecule has 0 unspecified atom stereocenters. The monoisotopic (exact) mass is 347 g/mol. The summed E-state index contributed by atoms with van der Waals surface area (Å²) < 4.78 is 6.77. The number of hydrogen-bond donors (Lipinski definition) is 0. The molecule has 0 aliphatic heterocycles. The molecule has 0 atom stereocenters. The van der Waals surface area contributed by atoms with Crippen molar-refractivity contribution in [3.8, 4) is 5.69 Å². The van der Waals surface area contributed by atoms with Crippen molar-refractivity contribution in [1.82, 2.24) is 4.57 Å². The molecule has 0 saturated carbocycles. The van der Waals surface area contributed by atoms with Gasteiger partial charge in [-0.25, -0.2) is 4.79 Å². The molecule has 26 heavy (non-hydrogen) atoms. The maximum atomic E-state index is 11.5. The first kappa shape index (κ1) is 17.5. The lowest BCUT2D eigenvalue weighted by atomic mass is 10.2. The van der Waals surface area contributed by atoms with E-state index in [-0.39, 0.29) is 5.97 Å². The highest BCUT2D eigenvalue weighted by atomic mass is 16.5. The molecule has 0 aliphatic rings. The van der Waals surface area contributed by atoms with Crippen LogP contribution in [0.5, 0.6) is 0 Å². The number of anilines is 1. The molecule has 0 N–H and O–H groups in total. The summed E-state index contributed by atoms with van der Waals surface area (Å²) in [5, 5.41) is 0. The normalized spacial score (nSPS) is 10.9. The van der Waals surface area contributed by atoms with Crippen molar-refractivity contribution in [2.45, 2.75) is 0 Å². The molecule has 2 aromatic carbocycles. The van der Waals surface area contributed by atoms with Gasteiger partial charge >= 0.3 is 5.97 Å². The van der Waals surface area contributed by atoms with Crippen molar-refractivity contribution < 1.29 is 9.53 Å². The summed E-state index contributed by atoms with van der Waals surface area (Å²) >= 11 is 0. The smallest absolute Gasteiger partial charge is 0.337 e. The molecule has 0 spiro atoms. The third-order valence-electron chi connectivity index (χ3n) is 4.06. The highest BCUT2D eigenvalue weighted by molar-refractivity contribution is 5.90. The summed E-state index contributed by atoms with van der Waals surface area (Å²) in [5.74, 6) is -0.351. The largest absolute Gasteiger partial charge is 0.465 e. The molecule has 1 heterocycles. The lowest BCUT2D eigenvalue weighted by Crippen LogP contribution is -2.08. The first-order valence-corrected chi connectivity index (χ1v) is 8.26. The van der Waals surface area contributed by atoms with E-state index in [9.17, 15) is 4.79 Å². The van der Waals surface area contributed by atoms with E-state index in [1.54, 1.807) is 24.3 Å². The number of rotatable bonds is 5. The Balaban J connectivity index is 1.80. The minimum Gasteiger partial charge on any atom is -0.465 e. The fourth-order valence-corrected chi connectivity index (χ4v) is 2.59. The number of carbonyl (C=O) groups excluding carboxylic acids is 1. The lowest BCUT2D eigenvalue weighted by molar-refractivity contribution is 0.0601. The van der Waals surface area contributed by atoms with E-state index in [4.69, 9.17) is 4.74 Å². The Hall–Kier alpha value is -3.34. The van der Waals surface area contributed by atoms with E-state index >= 15 is 0 Å². The van der Waals surface area contributed by atoms with Crippen LogP contribution in [0.4, 0.5) is 11.4 Å². The van der Waals surface area contributed by atoms with Crippen LogP contribution < -0.4 is 4.90 Å². The first-order valence-electron chi connectivity index (χ1n) is 8.26. The van der Waals surface area contributed by atoms with Crippen LogP contribution in [0.25, 0.3) is 5.69 Å². The van der Waals surface area contributed by atoms with Crippen molar-refractivity contribution >= 4 is 23.6 Å². The summed E-state index contributed by atoms with van der Waals surface area (Å²) in [4.78, 5) is 18.0. The van der Waals surface area contributed by atoms with Gasteiger partial charge in [-0.05, 0) is 60.7 Å². The highest BCUT2D eigenvalue weighted by Gasteiger charge is 2.05. The minimum absolute atomic E-state index is 0.351. The van der Waals surface area contributed by atoms with Gasteiger partial charge in [-0.1, -0.05) is 0 Å². The fraction of sp³-hybridized carbons (Fsp3) is 0.143. The van der Waals surface area contributed by atoms with E-state index in [0.717, 1.165) is 22.8 Å². The Kier molecular flexibility index (Phi) is 5.17. The van der Waals surface area contributed by atoms with Crippen LogP contribution in [-0.4, -0.2) is 38.0 Å². The molecule has 0 radical (unpaired) electrons. The molecule has 0 fully saturated rings. The van der Waals surface area contributed by atoms with Crippen LogP contribution in [-0.2, 0) is 4.74 Å². The van der Waals surface area contributed by atoms with Crippen LogP contribution in [0.3, 0.4) is 0 Å². The van der Waals surface area contributed by atoms with Gasteiger partial charge in [0.05, 0.1) is 30.3 Å². The second kappa shape index (κ2) is 7.70. The average molecular weight is 347 g/mol. The Morgan fingerprint density at radius 3 is 2.35 bits per heavy atom. The van der Waals surface area contributed by atoms with Crippen LogP contribution in [0.15, 0.2) is 71.9 Å². The summed E-state index contributed by atoms with van der Waals surface area (Å²) in [6.45, 7) is 0. The van der Waals surface area contributed by atoms with Crippen molar-refractivity contribution in [3.63, 3.8) is 0 Å². The van der Waals surface area contributed by atoms with Gasteiger partial charge < -0.3 is 14.2 Å². The SMILES string of the molecule is COC(=O)c1ccc(N=Cc2cccn2-c2ccc(N(C)C)cc2)cc1. The van der Waals surface area contributed by atoms with Crippen molar-refractivity contribution in [3.05, 3.63) is 78.1 Å². The molecule has 0 aliphatic carbocycles. The predicted octanol–water partition coefficient (Wildman–Crippen LogP) is 4.08. The zero-order valence-electron chi connectivity index (χ0n) is 15.1. The molecule has 5 heteroatoms. The van der Waals surface area contributed by atoms with Gasteiger partial charge in [0.1, 0.15) is 0 Å². The first-order chi connectivity index (χ1) is 12.6. The van der Waals surface area contributed by atoms with Crippen LogP contribution in [0, 0.1) is 0 Å². The number of benzene rings is 2. The Morgan fingerprint density at radius 1 is 1.04 bits per heavy atom. The number of carbonyl (C=O) groups is 1. The molecule has 0 bridgehead atoms. The fourth-order valence-electron chi connectivity index (χ4n) is 2.59. The highest BCUT2D eigenvalue weighted by Crippen LogP contribution is 2.18. The summed E-state index contributed by atoms with van der Waals surface area (Å²) in [6, 6.07) is 19.3. The number of hydrogen-bond acceptors (Lipinski definition) is 4. The van der Waals surface area contributed by atoms with Gasteiger partial charge in [0.25, 0.3) is 0 Å². The maximum absolute atomic E-state index is 11.5. The Morgan fingerprint density at radius 2 is 1.73 bits per heavy atom. The number of aromatic nitrogens is 1. The predicted molar refractivity (Wildman–Crippen MR) is 105 cm³/mol. The summed E-state index contributed by atoms with van der Waals surface area (Å²) in [6.07, 6.45) is 3.82. The second-order valence-corrected chi connectivity index (χ2v) is 6.01. The lowest BCUT2D eigenvalue weighted by Gasteiger charge is -2.13. The molecule has 5 nitrogen and oxygen atoms in total. The van der Waals surface area contributed by atoms with E-state index < -0.39 is 0 Å². The summed E-state index contributed by atoms with van der Waals surface area (Å²) in [5.41, 5.74) is 4.48. The molecule has 1 aromatic heterocycles. The van der Waals surface area contributed by atoms with Crippen LogP contribution >= 0.6 is 0 Å². The van der Waals surface area contributed by atoms with Gasteiger partial charge in [0.15, 0.2) is 0 Å². The molecule has 132 valence electrons. The standard InChI is InChI=1S/C21H21N3O2/c1-23(2)18-10-12-19(13-11-18)24-14-4-5-20(24)15-22-17-8-6-16(7-9-17)21(25)26-3/h4-15H,1-3H3. The van der Waals surface area contributed by atoms with Gasteiger partial charge in [-0.15, -0.1) is 0 Å². The van der Waals surface area contributed by atoms with Crippen LogP contribution in [0.2, 0.25) is 0 Å². The van der Waals surface area contributed by atoms with E-state index in [1.807, 2.05) is 38.6 Å². The van der Waals surface area contributed by atoms with Crippen molar-refractivity contribution in [1.29, 1.82) is 0 Å². The second-order valence-electron chi connectivity index (χ2n) is 6.01. The zero-order valence-corrected chi connectivity index (χ0v) is 15.1. The van der Waals surface area contributed by atoms with Crippen molar-refractivity contribution in [2.75, 3.05) is 26.1 Å². The molecule has 3 rings (SSSR count). The number of nitrogens with zero attached hydrogens (tertiary/aromatic N) is 3. The summed E-state index contributed by atoms with van der Waals surface area (Å²) in [7, 11) is 5.41. The topological polar surface area (TPSA) is 46.8 Å². The van der Waals surface area contributed by atoms with Gasteiger partial charge in [-0.2, -0.15) is 0 Å². The third-order valence-corrected chi connectivity index (χ3v) is 4.06. The average Bonchev–Trinajstić information content (AvgIpc) is 3.15.